The SMILES string of the molecule is Cn1cc([C@@H]2CNCCN2)cn1. The third-order valence-corrected chi connectivity index (χ3v) is 2.17. The van der Waals surface area contributed by atoms with E-state index >= 15 is 0 Å². The van der Waals surface area contributed by atoms with Crippen LogP contribution in [0.4, 0.5) is 0 Å². The molecule has 4 nitrogen and oxygen atoms in total. The molecule has 1 fully saturated rings. The quantitative estimate of drug-likeness (QED) is 0.599. The normalized spacial score (nSPS) is 24.2. The molecule has 0 unspecified atom stereocenters. The van der Waals surface area contributed by atoms with Crippen molar-refractivity contribution in [1.29, 1.82) is 0 Å². The maximum absolute atomic E-state index is 4.14. The molecule has 0 radical (unpaired) electrons. The van der Waals surface area contributed by atoms with Gasteiger partial charge in [-0.15, -0.1) is 0 Å². The van der Waals surface area contributed by atoms with E-state index in [9.17, 15) is 0 Å². The van der Waals surface area contributed by atoms with E-state index in [0.29, 0.717) is 6.04 Å². The third kappa shape index (κ3) is 1.49. The van der Waals surface area contributed by atoms with Gasteiger partial charge in [-0.1, -0.05) is 0 Å². The van der Waals surface area contributed by atoms with Gasteiger partial charge in [-0.3, -0.25) is 4.68 Å². The number of aromatic nitrogens is 2. The second-order valence-electron chi connectivity index (χ2n) is 3.16. The summed E-state index contributed by atoms with van der Waals surface area (Å²) in [5.41, 5.74) is 1.27. The van der Waals surface area contributed by atoms with E-state index in [2.05, 4.69) is 21.9 Å². The summed E-state index contributed by atoms with van der Waals surface area (Å²) < 4.78 is 1.84. The number of hydrogen-bond acceptors (Lipinski definition) is 3. The van der Waals surface area contributed by atoms with E-state index in [4.69, 9.17) is 0 Å². The van der Waals surface area contributed by atoms with Gasteiger partial charge in [-0.25, -0.2) is 0 Å². The van der Waals surface area contributed by atoms with Crippen molar-refractivity contribution in [2.45, 2.75) is 6.04 Å². The average Bonchev–Trinajstić information content (AvgIpc) is 2.54. The molecule has 0 bridgehead atoms. The van der Waals surface area contributed by atoms with Crippen LogP contribution < -0.4 is 10.6 Å². The molecule has 66 valence electrons. The molecule has 4 heteroatoms. The van der Waals surface area contributed by atoms with Crippen LogP contribution in [0.1, 0.15) is 11.6 Å². The first kappa shape index (κ1) is 7.76. The Kier molecular flexibility index (Phi) is 2.10. The fraction of sp³-hybridized carbons (Fsp3) is 0.625. The lowest BCUT2D eigenvalue weighted by molar-refractivity contribution is 0.430. The molecular formula is C8H14N4. The summed E-state index contributed by atoms with van der Waals surface area (Å²) >= 11 is 0. The van der Waals surface area contributed by atoms with E-state index in [0.717, 1.165) is 19.6 Å². The average molecular weight is 166 g/mol. The van der Waals surface area contributed by atoms with Gasteiger partial charge in [0.2, 0.25) is 0 Å². The van der Waals surface area contributed by atoms with Crippen LogP contribution in [0.2, 0.25) is 0 Å². The highest BCUT2D eigenvalue weighted by Gasteiger charge is 2.14. The van der Waals surface area contributed by atoms with Crippen molar-refractivity contribution in [3.05, 3.63) is 18.0 Å². The fourth-order valence-electron chi connectivity index (χ4n) is 1.51. The summed E-state index contributed by atoms with van der Waals surface area (Å²) in [5, 5.41) is 10.9. The second kappa shape index (κ2) is 3.25. The van der Waals surface area contributed by atoms with Crippen molar-refractivity contribution in [2.24, 2.45) is 7.05 Å². The Labute approximate surface area is 72.0 Å². The van der Waals surface area contributed by atoms with Gasteiger partial charge in [0, 0.05) is 44.5 Å². The molecule has 1 saturated heterocycles. The molecule has 1 aromatic heterocycles. The van der Waals surface area contributed by atoms with Gasteiger partial charge in [0.05, 0.1) is 6.20 Å². The van der Waals surface area contributed by atoms with Crippen LogP contribution in [-0.2, 0) is 7.05 Å². The van der Waals surface area contributed by atoms with Crippen LogP contribution in [0.15, 0.2) is 12.4 Å². The monoisotopic (exact) mass is 166 g/mol. The predicted octanol–water partition coefficient (Wildman–Crippen LogP) is -0.346. The first-order chi connectivity index (χ1) is 5.86. The zero-order chi connectivity index (χ0) is 8.39. The number of piperazine rings is 1. The summed E-state index contributed by atoms with van der Waals surface area (Å²) in [6.45, 7) is 3.11. The van der Waals surface area contributed by atoms with Gasteiger partial charge < -0.3 is 10.6 Å². The summed E-state index contributed by atoms with van der Waals surface area (Å²) in [6, 6.07) is 0.437. The molecule has 1 aromatic rings. The van der Waals surface area contributed by atoms with Crippen molar-refractivity contribution in [1.82, 2.24) is 20.4 Å². The highest BCUT2D eigenvalue weighted by molar-refractivity contribution is 5.11. The number of hydrogen-bond donors (Lipinski definition) is 2. The Morgan fingerprint density at radius 1 is 1.58 bits per heavy atom. The minimum absolute atomic E-state index is 0.437. The Morgan fingerprint density at radius 2 is 2.50 bits per heavy atom. The largest absolute Gasteiger partial charge is 0.314 e. The Morgan fingerprint density at radius 3 is 3.08 bits per heavy atom. The number of nitrogens with zero attached hydrogens (tertiary/aromatic N) is 2. The molecule has 1 aliphatic rings. The van der Waals surface area contributed by atoms with E-state index in [1.807, 2.05) is 17.9 Å². The van der Waals surface area contributed by atoms with Crippen LogP contribution in [0.3, 0.4) is 0 Å². The van der Waals surface area contributed by atoms with E-state index in [1.54, 1.807) is 0 Å². The van der Waals surface area contributed by atoms with Crippen LogP contribution >= 0.6 is 0 Å². The summed E-state index contributed by atoms with van der Waals surface area (Å²) in [5.74, 6) is 0. The van der Waals surface area contributed by atoms with Gasteiger partial charge in [0.25, 0.3) is 0 Å². The van der Waals surface area contributed by atoms with Gasteiger partial charge >= 0.3 is 0 Å². The lowest BCUT2D eigenvalue weighted by Crippen LogP contribution is -2.42. The molecule has 0 aromatic carbocycles. The van der Waals surface area contributed by atoms with Gasteiger partial charge in [0.1, 0.15) is 0 Å². The molecule has 2 heterocycles. The Hall–Kier alpha value is -0.870. The third-order valence-electron chi connectivity index (χ3n) is 2.17. The van der Waals surface area contributed by atoms with Crippen molar-refractivity contribution < 1.29 is 0 Å². The van der Waals surface area contributed by atoms with Gasteiger partial charge in [0.15, 0.2) is 0 Å². The van der Waals surface area contributed by atoms with Crippen LogP contribution in [-0.4, -0.2) is 29.4 Å². The lowest BCUT2D eigenvalue weighted by Gasteiger charge is -2.23. The molecule has 1 aliphatic heterocycles. The maximum atomic E-state index is 4.14. The van der Waals surface area contributed by atoms with E-state index in [-0.39, 0.29) is 0 Å². The molecule has 0 saturated carbocycles. The zero-order valence-electron chi connectivity index (χ0n) is 7.25. The standard InChI is InChI=1S/C8H14N4/c1-12-6-7(4-11-12)8-5-9-2-3-10-8/h4,6,8-10H,2-3,5H2,1H3/t8-/m0/s1. The summed E-state index contributed by atoms with van der Waals surface area (Å²) in [6.07, 6.45) is 3.98. The van der Waals surface area contributed by atoms with E-state index < -0.39 is 0 Å². The predicted molar refractivity (Wildman–Crippen MR) is 46.8 cm³/mol. The smallest absolute Gasteiger partial charge is 0.0538 e. The molecule has 0 spiro atoms. The highest BCUT2D eigenvalue weighted by Crippen LogP contribution is 2.11. The van der Waals surface area contributed by atoms with Crippen LogP contribution in [0.25, 0.3) is 0 Å². The fourth-order valence-corrected chi connectivity index (χ4v) is 1.51. The van der Waals surface area contributed by atoms with Crippen molar-refractivity contribution in [3.63, 3.8) is 0 Å². The van der Waals surface area contributed by atoms with Crippen molar-refractivity contribution in [2.75, 3.05) is 19.6 Å². The molecular weight excluding hydrogens is 152 g/mol. The van der Waals surface area contributed by atoms with Crippen molar-refractivity contribution in [3.8, 4) is 0 Å². The summed E-state index contributed by atoms with van der Waals surface area (Å²) in [4.78, 5) is 0. The first-order valence-corrected chi connectivity index (χ1v) is 4.29. The Bertz CT molecular complexity index is 249. The number of aryl methyl sites for hydroxylation is 1. The van der Waals surface area contributed by atoms with Crippen molar-refractivity contribution >= 4 is 0 Å². The second-order valence-corrected chi connectivity index (χ2v) is 3.16. The molecule has 1 atom stereocenters. The maximum Gasteiger partial charge on any atom is 0.0538 e. The minimum Gasteiger partial charge on any atom is -0.314 e. The lowest BCUT2D eigenvalue weighted by atomic mass is 10.1. The van der Waals surface area contributed by atoms with Crippen LogP contribution in [0, 0.1) is 0 Å². The Balaban J connectivity index is 2.08. The molecule has 2 rings (SSSR count). The number of rotatable bonds is 1. The topological polar surface area (TPSA) is 41.9 Å². The highest BCUT2D eigenvalue weighted by atomic mass is 15.2. The molecule has 2 N–H and O–H groups in total. The van der Waals surface area contributed by atoms with E-state index in [1.165, 1.54) is 5.56 Å². The van der Waals surface area contributed by atoms with Crippen LogP contribution in [0.5, 0.6) is 0 Å². The first-order valence-electron chi connectivity index (χ1n) is 4.29. The molecule has 0 amide bonds. The molecule has 0 aliphatic carbocycles. The zero-order valence-corrected chi connectivity index (χ0v) is 7.25. The van der Waals surface area contributed by atoms with Gasteiger partial charge in [-0.2, -0.15) is 5.10 Å². The molecule has 12 heavy (non-hydrogen) atoms. The summed E-state index contributed by atoms with van der Waals surface area (Å²) in [7, 11) is 1.94. The number of nitrogens with one attached hydrogen (secondary N) is 2. The minimum atomic E-state index is 0.437. The van der Waals surface area contributed by atoms with Gasteiger partial charge in [-0.05, 0) is 0 Å².